The van der Waals surface area contributed by atoms with E-state index in [9.17, 15) is 13.6 Å². The van der Waals surface area contributed by atoms with Gasteiger partial charge >= 0.3 is 0 Å². The predicted molar refractivity (Wildman–Crippen MR) is 77.2 cm³/mol. The van der Waals surface area contributed by atoms with Gasteiger partial charge in [-0.3, -0.25) is 4.79 Å². The summed E-state index contributed by atoms with van der Waals surface area (Å²) in [6, 6.07) is 7.18. The van der Waals surface area contributed by atoms with Gasteiger partial charge < -0.3 is 4.74 Å². The standard InChI is InChI=1S/C16H13ClF2O2/c1-9(20)12-7-11(15(21-2)8-14(12)18)6-10-4-3-5-13(17)16(10)19/h3-5,7-8H,6H2,1-2H3. The molecule has 0 aliphatic rings. The molecule has 0 aromatic heterocycles. The number of carbonyl (C=O) groups is 1. The fourth-order valence-corrected chi connectivity index (χ4v) is 2.28. The first-order valence-corrected chi connectivity index (χ1v) is 6.62. The average molecular weight is 311 g/mol. The third-order valence-electron chi connectivity index (χ3n) is 3.16. The van der Waals surface area contributed by atoms with Crippen LogP contribution in [0.5, 0.6) is 5.75 Å². The second-order valence-electron chi connectivity index (χ2n) is 4.59. The van der Waals surface area contributed by atoms with Crippen LogP contribution in [0.4, 0.5) is 8.78 Å². The van der Waals surface area contributed by atoms with Crippen molar-refractivity contribution in [3.8, 4) is 5.75 Å². The van der Waals surface area contributed by atoms with Crippen LogP contribution in [0.2, 0.25) is 5.02 Å². The summed E-state index contributed by atoms with van der Waals surface area (Å²) in [5.41, 5.74) is 0.820. The number of benzene rings is 2. The van der Waals surface area contributed by atoms with Crippen LogP contribution in [-0.2, 0) is 6.42 Å². The van der Waals surface area contributed by atoms with Crippen LogP contribution in [0.15, 0.2) is 30.3 Å². The fraction of sp³-hybridized carbons (Fsp3) is 0.188. The molecule has 0 fully saturated rings. The minimum Gasteiger partial charge on any atom is -0.496 e. The maximum absolute atomic E-state index is 13.9. The highest BCUT2D eigenvalue weighted by Gasteiger charge is 2.16. The van der Waals surface area contributed by atoms with Gasteiger partial charge in [-0.2, -0.15) is 0 Å². The highest BCUT2D eigenvalue weighted by atomic mass is 35.5. The zero-order valence-corrected chi connectivity index (χ0v) is 12.3. The van der Waals surface area contributed by atoms with Crippen LogP contribution in [0.3, 0.4) is 0 Å². The van der Waals surface area contributed by atoms with Gasteiger partial charge in [0, 0.05) is 12.5 Å². The van der Waals surface area contributed by atoms with Crippen LogP contribution in [-0.4, -0.2) is 12.9 Å². The van der Waals surface area contributed by atoms with Crippen molar-refractivity contribution in [2.45, 2.75) is 13.3 Å². The number of ether oxygens (including phenoxy) is 1. The molecule has 110 valence electrons. The van der Waals surface area contributed by atoms with Gasteiger partial charge in [0.05, 0.1) is 17.7 Å². The molecule has 21 heavy (non-hydrogen) atoms. The van der Waals surface area contributed by atoms with Crippen molar-refractivity contribution in [3.05, 3.63) is 63.7 Å². The first-order valence-electron chi connectivity index (χ1n) is 6.24. The van der Waals surface area contributed by atoms with Crippen molar-refractivity contribution in [3.63, 3.8) is 0 Å². The van der Waals surface area contributed by atoms with Gasteiger partial charge in [0.1, 0.15) is 17.4 Å². The topological polar surface area (TPSA) is 26.3 Å². The summed E-state index contributed by atoms with van der Waals surface area (Å²) in [6.07, 6.45) is 0.149. The quantitative estimate of drug-likeness (QED) is 0.781. The number of Topliss-reactive ketones (excluding diaryl/α,β-unsaturated/α-hetero) is 1. The van der Waals surface area contributed by atoms with Gasteiger partial charge in [-0.05, 0) is 30.2 Å². The molecule has 2 aromatic carbocycles. The SMILES string of the molecule is COc1cc(F)c(C(C)=O)cc1Cc1cccc(Cl)c1F. The van der Waals surface area contributed by atoms with Gasteiger partial charge in [0.25, 0.3) is 0 Å². The van der Waals surface area contributed by atoms with Gasteiger partial charge in [-0.25, -0.2) is 8.78 Å². The summed E-state index contributed by atoms with van der Waals surface area (Å²) in [7, 11) is 1.39. The van der Waals surface area contributed by atoms with E-state index in [-0.39, 0.29) is 22.8 Å². The van der Waals surface area contributed by atoms with Crippen molar-refractivity contribution < 1.29 is 18.3 Å². The number of halogens is 3. The third-order valence-corrected chi connectivity index (χ3v) is 3.45. The van der Waals surface area contributed by atoms with Gasteiger partial charge in [-0.1, -0.05) is 23.7 Å². The average Bonchev–Trinajstić information content (AvgIpc) is 2.44. The number of methoxy groups -OCH3 is 1. The molecule has 0 amide bonds. The zero-order chi connectivity index (χ0) is 15.6. The number of ketones is 1. The van der Waals surface area contributed by atoms with E-state index in [1.54, 1.807) is 12.1 Å². The maximum Gasteiger partial charge on any atom is 0.162 e. The van der Waals surface area contributed by atoms with Crippen molar-refractivity contribution in [2.24, 2.45) is 0 Å². The third kappa shape index (κ3) is 3.22. The lowest BCUT2D eigenvalue weighted by Gasteiger charge is -2.12. The lowest BCUT2D eigenvalue weighted by molar-refractivity contribution is 0.101. The van der Waals surface area contributed by atoms with E-state index >= 15 is 0 Å². The molecule has 2 nitrogen and oxygen atoms in total. The molecule has 0 aliphatic heterocycles. The van der Waals surface area contributed by atoms with E-state index in [1.165, 1.54) is 26.2 Å². The van der Waals surface area contributed by atoms with E-state index in [0.717, 1.165) is 6.07 Å². The Balaban J connectivity index is 2.50. The van der Waals surface area contributed by atoms with Crippen molar-refractivity contribution in [2.75, 3.05) is 7.11 Å². The Labute approximate surface area is 126 Å². The van der Waals surface area contributed by atoms with E-state index in [1.807, 2.05) is 0 Å². The highest BCUT2D eigenvalue weighted by Crippen LogP contribution is 2.28. The van der Waals surface area contributed by atoms with E-state index in [4.69, 9.17) is 16.3 Å². The van der Waals surface area contributed by atoms with Gasteiger partial charge in [-0.15, -0.1) is 0 Å². The molecule has 0 saturated carbocycles. The molecule has 5 heteroatoms. The molecule has 2 rings (SSSR count). The first-order chi connectivity index (χ1) is 9.93. The molecule has 0 unspecified atom stereocenters. The highest BCUT2D eigenvalue weighted by molar-refractivity contribution is 6.30. The van der Waals surface area contributed by atoms with Crippen LogP contribution in [0, 0.1) is 11.6 Å². The van der Waals surface area contributed by atoms with E-state index < -0.39 is 17.4 Å². The summed E-state index contributed by atoms with van der Waals surface area (Å²) < 4.78 is 32.8. The Hall–Kier alpha value is -1.94. The Morgan fingerprint density at radius 3 is 2.57 bits per heavy atom. The summed E-state index contributed by atoms with van der Waals surface area (Å²) in [6.45, 7) is 1.27. The minimum absolute atomic E-state index is 0.0142. The normalized spacial score (nSPS) is 10.5. The second-order valence-corrected chi connectivity index (χ2v) is 5.00. The molecule has 0 saturated heterocycles. The van der Waals surface area contributed by atoms with Crippen LogP contribution < -0.4 is 4.74 Å². The van der Waals surface area contributed by atoms with Gasteiger partial charge in [0.2, 0.25) is 0 Å². The molecular formula is C16H13ClF2O2. The lowest BCUT2D eigenvalue weighted by Crippen LogP contribution is -2.03. The summed E-state index contributed by atoms with van der Waals surface area (Å²) >= 11 is 5.74. The second kappa shape index (κ2) is 6.22. The predicted octanol–water partition coefficient (Wildman–Crippen LogP) is 4.42. The molecule has 2 aromatic rings. The molecule has 0 spiro atoms. The molecule has 0 atom stereocenters. The van der Waals surface area contributed by atoms with Crippen LogP contribution in [0.25, 0.3) is 0 Å². The molecule has 0 heterocycles. The number of hydrogen-bond acceptors (Lipinski definition) is 2. The lowest BCUT2D eigenvalue weighted by atomic mass is 9.99. The molecular weight excluding hydrogens is 298 g/mol. The summed E-state index contributed by atoms with van der Waals surface area (Å²) in [4.78, 5) is 11.4. The molecule has 0 bridgehead atoms. The number of carbonyl (C=O) groups excluding carboxylic acids is 1. The molecule has 0 radical (unpaired) electrons. The van der Waals surface area contributed by atoms with Crippen LogP contribution in [0.1, 0.15) is 28.4 Å². The number of hydrogen-bond donors (Lipinski definition) is 0. The monoisotopic (exact) mass is 310 g/mol. The maximum atomic E-state index is 13.9. The van der Waals surface area contributed by atoms with Crippen molar-refractivity contribution in [1.82, 2.24) is 0 Å². The van der Waals surface area contributed by atoms with E-state index in [0.29, 0.717) is 11.1 Å². The van der Waals surface area contributed by atoms with Crippen molar-refractivity contribution in [1.29, 1.82) is 0 Å². The summed E-state index contributed by atoms with van der Waals surface area (Å²) in [5, 5.41) is 0.0142. The Kier molecular flexibility index (Phi) is 4.58. The first kappa shape index (κ1) is 15.4. The molecule has 0 aliphatic carbocycles. The smallest absolute Gasteiger partial charge is 0.162 e. The molecule has 0 N–H and O–H groups in total. The number of rotatable bonds is 4. The van der Waals surface area contributed by atoms with Crippen LogP contribution >= 0.6 is 11.6 Å². The summed E-state index contributed by atoms with van der Waals surface area (Å²) in [5.74, 6) is -1.33. The minimum atomic E-state index is -0.658. The largest absolute Gasteiger partial charge is 0.496 e. The Morgan fingerprint density at radius 2 is 1.95 bits per heavy atom. The van der Waals surface area contributed by atoms with E-state index in [2.05, 4.69) is 0 Å². The Morgan fingerprint density at radius 1 is 1.24 bits per heavy atom. The van der Waals surface area contributed by atoms with Crippen molar-refractivity contribution >= 4 is 17.4 Å². The zero-order valence-electron chi connectivity index (χ0n) is 11.5. The van der Waals surface area contributed by atoms with Gasteiger partial charge in [0.15, 0.2) is 5.78 Å². The fourth-order valence-electron chi connectivity index (χ4n) is 2.09. The Bertz CT molecular complexity index is 699.